The Kier molecular flexibility index (Phi) is 7.23. The Labute approximate surface area is 146 Å². The van der Waals surface area contributed by atoms with E-state index in [9.17, 15) is 10.2 Å². The van der Waals surface area contributed by atoms with Gasteiger partial charge in [0, 0.05) is 0 Å². The van der Waals surface area contributed by atoms with E-state index in [1.807, 2.05) is 37.1 Å². The van der Waals surface area contributed by atoms with Gasteiger partial charge in [0.1, 0.15) is 0 Å². The van der Waals surface area contributed by atoms with Crippen molar-refractivity contribution in [2.45, 2.75) is 69.9 Å². The van der Waals surface area contributed by atoms with E-state index < -0.39 is 5.54 Å². The van der Waals surface area contributed by atoms with Gasteiger partial charge in [-0.15, -0.1) is 0 Å². The average Bonchev–Trinajstić information content (AvgIpc) is 2.86. The van der Waals surface area contributed by atoms with Gasteiger partial charge in [0.15, 0.2) is 0 Å². The number of aliphatic hydroxyl groups excluding tert-OH is 2. The number of hydrogen-bond donors (Lipinski definition) is 2. The van der Waals surface area contributed by atoms with Crippen LogP contribution >= 0.6 is 0 Å². The lowest BCUT2D eigenvalue weighted by Crippen LogP contribution is -2.61. The van der Waals surface area contributed by atoms with Crippen LogP contribution in [0.3, 0.4) is 0 Å². The standard InChI is InChI=1S/C20H33NO3/c1-19(2,16-22)21(20(17-23)13-8-3-4-9-14-20)24-15-12-18-10-6-5-7-11-18/h5-7,10-11,22-23H,3-4,8-9,12-17H2,1-2H3. The Hall–Kier alpha value is -0.940. The molecular weight excluding hydrogens is 302 g/mol. The molecule has 1 aliphatic rings. The molecule has 1 fully saturated rings. The quantitative estimate of drug-likeness (QED) is 0.565. The van der Waals surface area contributed by atoms with E-state index in [0.717, 1.165) is 32.1 Å². The maximum atomic E-state index is 10.2. The summed E-state index contributed by atoms with van der Waals surface area (Å²) in [5, 5.41) is 22.0. The highest BCUT2D eigenvalue weighted by molar-refractivity contribution is 5.14. The Morgan fingerprint density at radius 2 is 1.67 bits per heavy atom. The van der Waals surface area contributed by atoms with Crippen LogP contribution in [0, 0.1) is 0 Å². The Bertz CT molecular complexity index is 467. The third-order valence-electron chi connectivity index (χ3n) is 5.15. The van der Waals surface area contributed by atoms with Gasteiger partial charge in [-0.25, -0.2) is 0 Å². The van der Waals surface area contributed by atoms with Crippen LogP contribution in [0.2, 0.25) is 0 Å². The molecule has 2 rings (SSSR count). The summed E-state index contributed by atoms with van der Waals surface area (Å²) in [6.45, 7) is 4.59. The predicted octanol–water partition coefficient (Wildman–Crippen LogP) is 3.32. The van der Waals surface area contributed by atoms with E-state index in [4.69, 9.17) is 4.84 Å². The maximum Gasteiger partial charge on any atom is 0.0726 e. The highest BCUT2D eigenvalue weighted by Crippen LogP contribution is 2.37. The summed E-state index contributed by atoms with van der Waals surface area (Å²) in [6.07, 6.45) is 7.26. The van der Waals surface area contributed by atoms with Gasteiger partial charge < -0.3 is 10.2 Å². The number of benzene rings is 1. The van der Waals surface area contributed by atoms with Crippen LogP contribution in [0.4, 0.5) is 0 Å². The summed E-state index contributed by atoms with van der Waals surface area (Å²) in [5.41, 5.74) is 0.321. The van der Waals surface area contributed by atoms with Gasteiger partial charge in [0.05, 0.1) is 30.9 Å². The first-order valence-corrected chi connectivity index (χ1v) is 9.23. The second-order valence-corrected chi connectivity index (χ2v) is 7.63. The fourth-order valence-corrected chi connectivity index (χ4v) is 3.73. The fourth-order valence-electron chi connectivity index (χ4n) is 3.73. The van der Waals surface area contributed by atoms with Crippen molar-refractivity contribution in [2.24, 2.45) is 0 Å². The van der Waals surface area contributed by atoms with Crippen molar-refractivity contribution in [1.29, 1.82) is 0 Å². The van der Waals surface area contributed by atoms with Gasteiger partial charge in [-0.1, -0.05) is 56.0 Å². The van der Waals surface area contributed by atoms with Crippen LogP contribution < -0.4 is 0 Å². The molecule has 0 amide bonds. The van der Waals surface area contributed by atoms with Crippen LogP contribution in [-0.4, -0.2) is 46.2 Å². The van der Waals surface area contributed by atoms with E-state index in [-0.39, 0.29) is 18.8 Å². The number of hydrogen-bond acceptors (Lipinski definition) is 4. The third kappa shape index (κ3) is 4.79. The minimum absolute atomic E-state index is 0.0000863. The number of aliphatic hydroxyl groups is 2. The smallest absolute Gasteiger partial charge is 0.0726 e. The van der Waals surface area contributed by atoms with Gasteiger partial charge in [0.2, 0.25) is 0 Å². The third-order valence-corrected chi connectivity index (χ3v) is 5.15. The molecule has 24 heavy (non-hydrogen) atoms. The average molecular weight is 335 g/mol. The summed E-state index contributed by atoms with van der Waals surface area (Å²) in [4.78, 5) is 6.20. The lowest BCUT2D eigenvalue weighted by Gasteiger charge is -2.49. The molecule has 0 saturated heterocycles. The molecule has 0 aromatic heterocycles. The van der Waals surface area contributed by atoms with Gasteiger partial charge >= 0.3 is 0 Å². The highest BCUT2D eigenvalue weighted by atomic mass is 16.7. The molecule has 0 spiro atoms. The van der Waals surface area contributed by atoms with Crippen LogP contribution in [-0.2, 0) is 11.3 Å². The van der Waals surface area contributed by atoms with E-state index in [1.54, 1.807) is 0 Å². The van der Waals surface area contributed by atoms with Crippen molar-refractivity contribution >= 4 is 0 Å². The molecule has 1 aliphatic carbocycles. The zero-order valence-corrected chi connectivity index (χ0v) is 15.2. The van der Waals surface area contributed by atoms with Gasteiger partial charge in [-0.05, 0) is 38.7 Å². The molecule has 2 N–H and O–H groups in total. The molecule has 0 heterocycles. The Balaban J connectivity index is 2.11. The largest absolute Gasteiger partial charge is 0.394 e. The summed E-state index contributed by atoms with van der Waals surface area (Å²) in [6, 6.07) is 10.3. The molecule has 0 aliphatic heterocycles. The molecule has 0 radical (unpaired) electrons. The zero-order valence-electron chi connectivity index (χ0n) is 15.2. The molecule has 4 heteroatoms. The van der Waals surface area contributed by atoms with Crippen molar-refractivity contribution in [3.05, 3.63) is 35.9 Å². The minimum Gasteiger partial charge on any atom is -0.394 e. The second-order valence-electron chi connectivity index (χ2n) is 7.63. The van der Waals surface area contributed by atoms with Crippen LogP contribution in [0.5, 0.6) is 0 Å². The van der Waals surface area contributed by atoms with Crippen molar-refractivity contribution in [2.75, 3.05) is 19.8 Å². The Morgan fingerprint density at radius 1 is 1.04 bits per heavy atom. The SMILES string of the molecule is CC(C)(CO)N(OCCc1ccccc1)C1(CO)CCCCCC1. The summed E-state index contributed by atoms with van der Waals surface area (Å²) in [7, 11) is 0. The number of nitrogens with zero attached hydrogens (tertiary/aromatic N) is 1. The van der Waals surface area contributed by atoms with E-state index in [0.29, 0.717) is 6.61 Å². The highest BCUT2D eigenvalue weighted by Gasteiger charge is 2.44. The monoisotopic (exact) mass is 335 g/mol. The van der Waals surface area contributed by atoms with Crippen LogP contribution in [0.1, 0.15) is 57.9 Å². The second kappa shape index (κ2) is 8.95. The number of rotatable bonds is 8. The topological polar surface area (TPSA) is 52.9 Å². The predicted molar refractivity (Wildman–Crippen MR) is 96.6 cm³/mol. The van der Waals surface area contributed by atoms with E-state index >= 15 is 0 Å². The molecule has 136 valence electrons. The first-order chi connectivity index (χ1) is 11.5. The molecular formula is C20H33NO3. The first-order valence-electron chi connectivity index (χ1n) is 9.23. The fraction of sp³-hybridized carbons (Fsp3) is 0.700. The summed E-state index contributed by atoms with van der Waals surface area (Å²) < 4.78 is 0. The van der Waals surface area contributed by atoms with Crippen molar-refractivity contribution in [3.8, 4) is 0 Å². The van der Waals surface area contributed by atoms with Crippen LogP contribution in [0.15, 0.2) is 30.3 Å². The summed E-state index contributed by atoms with van der Waals surface area (Å²) in [5.74, 6) is 0. The molecule has 1 aromatic carbocycles. The minimum atomic E-state index is -0.524. The molecule has 4 nitrogen and oxygen atoms in total. The molecule has 0 atom stereocenters. The Morgan fingerprint density at radius 3 is 2.21 bits per heavy atom. The van der Waals surface area contributed by atoms with Crippen LogP contribution in [0.25, 0.3) is 0 Å². The molecule has 0 unspecified atom stereocenters. The van der Waals surface area contributed by atoms with Gasteiger partial charge in [-0.2, -0.15) is 5.06 Å². The van der Waals surface area contributed by atoms with Crippen molar-refractivity contribution < 1.29 is 15.1 Å². The van der Waals surface area contributed by atoms with Crippen molar-refractivity contribution in [3.63, 3.8) is 0 Å². The van der Waals surface area contributed by atoms with Gasteiger partial charge in [0.25, 0.3) is 0 Å². The summed E-state index contributed by atoms with van der Waals surface area (Å²) >= 11 is 0. The van der Waals surface area contributed by atoms with Crippen molar-refractivity contribution in [1.82, 2.24) is 5.06 Å². The van der Waals surface area contributed by atoms with E-state index in [2.05, 4.69) is 12.1 Å². The molecule has 1 aromatic rings. The van der Waals surface area contributed by atoms with E-state index in [1.165, 1.54) is 18.4 Å². The first kappa shape index (κ1) is 19.4. The van der Waals surface area contributed by atoms with Gasteiger partial charge in [-0.3, -0.25) is 4.84 Å². The number of hydroxylamine groups is 2. The zero-order chi connectivity index (χ0) is 17.5. The lowest BCUT2D eigenvalue weighted by molar-refractivity contribution is -0.289. The lowest BCUT2D eigenvalue weighted by atomic mass is 9.87. The molecule has 0 bridgehead atoms. The molecule has 1 saturated carbocycles. The maximum absolute atomic E-state index is 10.2. The normalized spacial score (nSPS) is 18.5.